The van der Waals surface area contributed by atoms with Crippen LogP contribution < -0.4 is 10.4 Å². The zero-order chi connectivity index (χ0) is 9.26. The Balaban J connectivity index is 0.000000980. The molecule has 1 aliphatic rings. The van der Waals surface area contributed by atoms with Crippen LogP contribution in [0.15, 0.2) is 18.2 Å². The molecule has 0 unspecified atom stereocenters. The first-order chi connectivity index (χ1) is 6.33. The van der Waals surface area contributed by atoms with E-state index in [-0.39, 0.29) is 32.7 Å². The van der Waals surface area contributed by atoms with Crippen molar-refractivity contribution < 1.29 is 32.7 Å². The zero-order valence-electron chi connectivity index (χ0n) is 8.66. The van der Waals surface area contributed by atoms with Gasteiger partial charge >= 0.3 is 0 Å². The van der Waals surface area contributed by atoms with E-state index in [2.05, 4.69) is 37.1 Å². The van der Waals surface area contributed by atoms with Gasteiger partial charge in [0.05, 0.1) is 0 Å². The van der Waals surface area contributed by atoms with Gasteiger partial charge in [-0.15, -0.1) is 0 Å². The minimum absolute atomic E-state index is 0. The summed E-state index contributed by atoms with van der Waals surface area (Å²) in [4.78, 5) is 2.30. The van der Waals surface area contributed by atoms with Crippen molar-refractivity contribution in [1.29, 1.82) is 0 Å². The minimum atomic E-state index is 0. The maximum Gasteiger partial charge on any atom is 0.121 e. The summed E-state index contributed by atoms with van der Waals surface area (Å²) in [7, 11) is 2.14. The van der Waals surface area contributed by atoms with Crippen LogP contribution in [-0.2, 0) is 32.7 Å². The van der Waals surface area contributed by atoms with Crippen molar-refractivity contribution >= 4 is 17.9 Å². The van der Waals surface area contributed by atoms with Crippen LogP contribution in [0, 0.1) is 13.0 Å². The molecule has 71 valence electrons. The van der Waals surface area contributed by atoms with Crippen LogP contribution in [0.4, 0.5) is 5.69 Å². The van der Waals surface area contributed by atoms with Gasteiger partial charge in [0.25, 0.3) is 0 Å². The monoisotopic (exact) mass is 260 g/mol. The van der Waals surface area contributed by atoms with E-state index in [9.17, 15) is 0 Å². The zero-order valence-corrected chi connectivity index (χ0v) is 11.5. The molecule has 0 N–H and O–H groups in total. The smallest absolute Gasteiger partial charge is 0.121 e. The SMILES string of the molecule is [CH2-]CB1CCN(C)c2ccc[c-]c21.[Y]. The molecule has 2 rings (SSSR count). The number of fused-ring (bicyclic) bond motifs is 1. The molecule has 1 heterocycles. The molecular formula is C11H14BNY-2. The Kier molecular flexibility index (Phi) is 4.66. The quantitative estimate of drug-likeness (QED) is 0.546. The van der Waals surface area contributed by atoms with Gasteiger partial charge < -0.3 is 11.8 Å². The van der Waals surface area contributed by atoms with E-state index < -0.39 is 0 Å². The van der Waals surface area contributed by atoms with Gasteiger partial charge in [-0.25, -0.2) is 6.32 Å². The fourth-order valence-corrected chi connectivity index (χ4v) is 2.00. The normalized spacial score (nSPS) is 14.7. The molecule has 0 atom stereocenters. The van der Waals surface area contributed by atoms with Gasteiger partial charge in [0.15, 0.2) is 0 Å². The van der Waals surface area contributed by atoms with Crippen molar-refractivity contribution in [3.8, 4) is 0 Å². The molecule has 0 aromatic heterocycles. The number of nitrogens with zero attached hydrogens (tertiary/aromatic N) is 1. The predicted molar refractivity (Wildman–Crippen MR) is 58.9 cm³/mol. The van der Waals surface area contributed by atoms with Gasteiger partial charge in [-0.3, -0.25) is 0 Å². The first-order valence-electron chi connectivity index (χ1n) is 4.84. The molecule has 1 aromatic rings. The van der Waals surface area contributed by atoms with Gasteiger partial charge in [-0.05, 0) is 13.6 Å². The molecule has 14 heavy (non-hydrogen) atoms. The molecule has 1 nitrogen and oxygen atoms in total. The summed E-state index contributed by atoms with van der Waals surface area (Å²) in [6.45, 7) is 5.76. The third-order valence-corrected chi connectivity index (χ3v) is 2.85. The first kappa shape index (κ1) is 12.3. The van der Waals surface area contributed by atoms with Crippen molar-refractivity contribution in [3.05, 3.63) is 31.2 Å². The molecule has 0 bridgehead atoms. The second kappa shape index (κ2) is 5.32. The van der Waals surface area contributed by atoms with E-state index in [4.69, 9.17) is 0 Å². The Morgan fingerprint density at radius 3 is 3.14 bits per heavy atom. The second-order valence-electron chi connectivity index (χ2n) is 3.66. The third-order valence-electron chi connectivity index (χ3n) is 2.85. The van der Waals surface area contributed by atoms with Gasteiger partial charge in [-0.1, -0.05) is 12.0 Å². The van der Waals surface area contributed by atoms with Crippen molar-refractivity contribution in [2.45, 2.75) is 12.6 Å². The molecular weight excluding hydrogens is 246 g/mol. The van der Waals surface area contributed by atoms with Crippen molar-refractivity contribution in [1.82, 2.24) is 0 Å². The molecule has 0 saturated heterocycles. The topological polar surface area (TPSA) is 3.24 Å². The van der Waals surface area contributed by atoms with Crippen molar-refractivity contribution in [2.75, 3.05) is 18.5 Å². The molecule has 1 aromatic carbocycles. The first-order valence-corrected chi connectivity index (χ1v) is 4.84. The molecule has 3 heteroatoms. The van der Waals surface area contributed by atoms with E-state index in [1.165, 1.54) is 17.5 Å². The van der Waals surface area contributed by atoms with E-state index in [1.807, 2.05) is 6.07 Å². The number of hydrogen-bond donors (Lipinski definition) is 0. The van der Waals surface area contributed by atoms with Crippen LogP contribution in [-0.4, -0.2) is 20.3 Å². The Morgan fingerprint density at radius 1 is 1.64 bits per heavy atom. The fourth-order valence-electron chi connectivity index (χ4n) is 2.00. The fraction of sp³-hybridized carbons (Fsp3) is 0.364. The summed E-state index contributed by atoms with van der Waals surface area (Å²) in [5.74, 6) is 0. The van der Waals surface area contributed by atoms with Crippen LogP contribution in [0.2, 0.25) is 12.6 Å². The van der Waals surface area contributed by atoms with Crippen LogP contribution in [0.25, 0.3) is 0 Å². The van der Waals surface area contributed by atoms with E-state index >= 15 is 0 Å². The minimum Gasteiger partial charge on any atom is -0.427 e. The molecule has 0 spiro atoms. The average molecular weight is 260 g/mol. The molecule has 1 radical (unpaired) electrons. The van der Waals surface area contributed by atoms with Crippen molar-refractivity contribution in [2.24, 2.45) is 0 Å². The van der Waals surface area contributed by atoms with Crippen LogP contribution in [0.5, 0.6) is 0 Å². The molecule has 0 fully saturated rings. The Hall–Kier alpha value is 0.189. The Labute approximate surface area is 112 Å². The Morgan fingerprint density at radius 2 is 2.43 bits per heavy atom. The number of anilines is 1. The summed E-state index contributed by atoms with van der Waals surface area (Å²) in [6, 6.07) is 9.57. The van der Waals surface area contributed by atoms with Crippen LogP contribution in [0.3, 0.4) is 0 Å². The summed E-state index contributed by atoms with van der Waals surface area (Å²) < 4.78 is 0. The number of hydrogen-bond acceptors (Lipinski definition) is 1. The van der Waals surface area contributed by atoms with E-state index in [1.54, 1.807) is 0 Å². The average Bonchev–Trinajstić information content (AvgIpc) is 2.19. The van der Waals surface area contributed by atoms with Crippen molar-refractivity contribution in [3.63, 3.8) is 0 Å². The van der Waals surface area contributed by atoms with Gasteiger partial charge in [0.2, 0.25) is 0 Å². The summed E-state index contributed by atoms with van der Waals surface area (Å²) in [5.41, 5.74) is 2.69. The van der Waals surface area contributed by atoms with Gasteiger partial charge in [0.1, 0.15) is 6.71 Å². The third kappa shape index (κ3) is 2.22. The Bertz CT molecular complexity index is 303. The summed E-state index contributed by atoms with van der Waals surface area (Å²) >= 11 is 0. The summed E-state index contributed by atoms with van der Waals surface area (Å²) in [5, 5.41) is 0. The molecule has 0 amide bonds. The predicted octanol–water partition coefficient (Wildman–Crippen LogP) is 1.47. The van der Waals surface area contributed by atoms with Crippen LogP contribution in [0.1, 0.15) is 0 Å². The molecule has 1 aliphatic heterocycles. The maximum atomic E-state index is 3.99. The maximum absolute atomic E-state index is 3.99. The van der Waals surface area contributed by atoms with Gasteiger partial charge in [-0.2, -0.15) is 29.7 Å². The van der Waals surface area contributed by atoms with E-state index in [0.29, 0.717) is 6.71 Å². The number of benzene rings is 1. The molecule has 0 saturated carbocycles. The number of rotatable bonds is 1. The van der Waals surface area contributed by atoms with Gasteiger partial charge in [0, 0.05) is 32.7 Å². The standard InChI is InChI=1S/C11H14BN.Y/c1-3-12-8-9-13(2)11-7-5-4-6-10(11)12;/h4-5,7H,1,3,8-9H2,2H3;/q-2;. The molecule has 0 aliphatic carbocycles. The van der Waals surface area contributed by atoms with E-state index in [0.717, 1.165) is 12.9 Å². The van der Waals surface area contributed by atoms with Crippen LogP contribution >= 0.6 is 0 Å². The summed E-state index contributed by atoms with van der Waals surface area (Å²) in [6.07, 6.45) is 2.20. The second-order valence-corrected chi connectivity index (χ2v) is 3.66. The largest absolute Gasteiger partial charge is 0.427 e.